The first-order valence-electron chi connectivity index (χ1n) is 11.1. The van der Waals surface area contributed by atoms with Gasteiger partial charge >= 0.3 is 0 Å². The Morgan fingerprint density at radius 2 is 1.77 bits per heavy atom. The third-order valence-electron chi connectivity index (χ3n) is 6.86. The predicted molar refractivity (Wildman–Crippen MR) is 122 cm³/mol. The fraction of sp³-hybridized carbons (Fsp3) is 0.565. The molecule has 3 heterocycles. The van der Waals surface area contributed by atoms with Gasteiger partial charge in [0.15, 0.2) is 5.82 Å². The summed E-state index contributed by atoms with van der Waals surface area (Å²) in [4.78, 5) is 21.1. The lowest BCUT2D eigenvalue weighted by Gasteiger charge is -2.38. The van der Waals surface area contributed by atoms with Gasteiger partial charge in [-0.2, -0.15) is 0 Å². The minimum absolute atomic E-state index is 0.0801. The number of rotatable bonds is 5. The summed E-state index contributed by atoms with van der Waals surface area (Å²) in [5.74, 6) is 0.727. The van der Waals surface area contributed by atoms with E-state index in [1.165, 1.54) is 11.1 Å². The summed E-state index contributed by atoms with van der Waals surface area (Å²) in [6.07, 6.45) is 0.882. The average Bonchev–Trinajstić information content (AvgIpc) is 3.22. The quantitative estimate of drug-likeness (QED) is 0.679. The molecule has 1 aromatic carbocycles. The molecule has 0 amide bonds. The molecule has 0 aliphatic carbocycles. The van der Waals surface area contributed by atoms with Gasteiger partial charge in [0.25, 0.3) is 5.56 Å². The van der Waals surface area contributed by atoms with Crippen LogP contribution < -0.4 is 5.56 Å². The van der Waals surface area contributed by atoms with E-state index < -0.39 is 0 Å². The lowest BCUT2D eigenvalue weighted by molar-refractivity contribution is 0.117. The molecule has 1 aliphatic rings. The van der Waals surface area contributed by atoms with Crippen LogP contribution in [0.25, 0.3) is 10.9 Å². The van der Waals surface area contributed by atoms with Crippen molar-refractivity contribution >= 4 is 10.9 Å². The Kier molecular flexibility index (Phi) is 5.70. The molecule has 1 aliphatic heterocycles. The standard InChI is InChI=1S/C23H33N7O/c1-7-23(4,5)30-21(25-26-27-30)20(29-10-8-28(6)9-11-29)18-14-17-12-15(2)16(3)13-19(17)24-22(18)31/h12-14,20H,7-11H2,1-6H3,(H,24,31). The molecule has 1 fully saturated rings. The maximum absolute atomic E-state index is 13.3. The third kappa shape index (κ3) is 4.02. The van der Waals surface area contributed by atoms with Crippen molar-refractivity contribution in [1.82, 2.24) is 35.0 Å². The Balaban J connectivity index is 1.90. The Bertz CT molecular complexity index is 1140. The number of hydrogen-bond acceptors (Lipinski definition) is 6. The minimum atomic E-state index is -0.302. The van der Waals surface area contributed by atoms with E-state index >= 15 is 0 Å². The third-order valence-corrected chi connectivity index (χ3v) is 6.86. The molecule has 4 rings (SSSR count). The van der Waals surface area contributed by atoms with Crippen LogP contribution in [0.4, 0.5) is 0 Å². The van der Waals surface area contributed by atoms with Crippen LogP contribution in [0.2, 0.25) is 0 Å². The highest BCUT2D eigenvalue weighted by atomic mass is 16.1. The van der Waals surface area contributed by atoms with Crippen LogP contribution in [0.1, 0.15) is 55.7 Å². The van der Waals surface area contributed by atoms with Gasteiger partial charge in [0, 0.05) is 37.3 Å². The SMILES string of the molecule is CCC(C)(C)n1nnnc1C(c1cc2cc(C)c(C)cc2[nH]c1=O)N1CCN(C)CC1. The van der Waals surface area contributed by atoms with Crippen LogP contribution >= 0.6 is 0 Å². The Morgan fingerprint density at radius 1 is 1.10 bits per heavy atom. The zero-order valence-electron chi connectivity index (χ0n) is 19.4. The number of aromatic amines is 1. The molecule has 1 atom stereocenters. The second kappa shape index (κ2) is 8.16. The molecule has 0 spiro atoms. The van der Waals surface area contributed by atoms with E-state index in [9.17, 15) is 4.79 Å². The van der Waals surface area contributed by atoms with E-state index in [4.69, 9.17) is 0 Å². The van der Waals surface area contributed by atoms with Crippen LogP contribution in [-0.2, 0) is 5.54 Å². The van der Waals surface area contributed by atoms with Crippen LogP contribution in [-0.4, -0.2) is 68.2 Å². The molecule has 0 saturated carbocycles. The molecule has 1 N–H and O–H groups in total. The number of aryl methyl sites for hydroxylation is 2. The second-order valence-electron chi connectivity index (χ2n) is 9.43. The smallest absolute Gasteiger partial charge is 0.253 e. The maximum atomic E-state index is 13.3. The molecule has 31 heavy (non-hydrogen) atoms. The molecule has 2 aromatic heterocycles. The van der Waals surface area contributed by atoms with Crippen LogP contribution in [0.3, 0.4) is 0 Å². The normalized spacial score (nSPS) is 17.4. The lowest BCUT2D eigenvalue weighted by Crippen LogP contribution is -2.48. The van der Waals surface area contributed by atoms with Gasteiger partial charge in [-0.3, -0.25) is 9.69 Å². The molecular weight excluding hydrogens is 390 g/mol. The molecule has 3 aromatic rings. The Hall–Kier alpha value is -2.58. The van der Waals surface area contributed by atoms with Gasteiger partial charge in [0.1, 0.15) is 6.04 Å². The van der Waals surface area contributed by atoms with Gasteiger partial charge in [-0.25, -0.2) is 4.68 Å². The number of nitrogens with one attached hydrogen (secondary N) is 1. The average molecular weight is 424 g/mol. The van der Waals surface area contributed by atoms with Crippen LogP contribution in [0.5, 0.6) is 0 Å². The van der Waals surface area contributed by atoms with Crippen molar-refractivity contribution in [3.63, 3.8) is 0 Å². The summed E-state index contributed by atoms with van der Waals surface area (Å²) in [7, 11) is 2.13. The number of fused-ring (bicyclic) bond motifs is 1. The van der Waals surface area contributed by atoms with E-state index in [2.05, 4.69) is 78.0 Å². The zero-order chi connectivity index (χ0) is 22.3. The monoisotopic (exact) mass is 423 g/mol. The fourth-order valence-corrected chi connectivity index (χ4v) is 4.22. The van der Waals surface area contributed by atoms with E-state index in [1.807, 2.05) is 16.8 Å². The van der Waals surface area contributed by atoms with Crippen molar-refractivity contribution in [3.05, 3.63) is 51.1 Å². The molecular formula is C23H33N7O. The van der Waals surface area contributed by atoms with Crippen molar-refractivity contribution in [1.29, 1.82) is 0 Å². The van der Waals surface area contributed by atoms with E-state index in [-0.39, 0.29) is 17.1 Å². The highest BCUT2D eigenvalue weighted by molar-refractivity contribution is 5.81. The highest BCUT2D eigenvalue weighted by Crippen LogP contribution is 2.31. The highest BCUT2D eigenvalue weighted by Gasteiger charge is 2.35. The van der Waals surface area contributed by atoms with E-state index in [1.54, 1.807) is 0 Å². The van der Waals surface area contributed by atoms with Crippen LogP contribution in [0, 0.1) is 13.8 Å². The van der Waals surface area contributed by atoms with Gasteiger partial charge in [-0.15, -0.1) is 5.10 Å². The van der Waals surface area contributed by atoms with E-state index in [0.717, 1.165) is 49.3 Å². The largest absolute Gasteiger partial charge is 0.322 e. The van der Waals surface area contributed by atoms with Crippen LogP contribution in [0.15, 0.2) is 23.0 Å². The van der Waals surface area contributed by atoms with Gasteiger partial charge < -0.3 is 9.88 Å². The number of likely N-dealkylation sites (N-methyl/N-ethyl adjacent to an activating group) is 1. The number of H-pyrrole nitrogens is 1. The van der Waals surface area contributed by atoms with Crippen molar-refractivity contribution < 1.29 is 0 Å². The topological polar surface area (TPSA) is 82.9 Å². The lowest BCUT2D eigenvalue weighted by atomic mass is 9.98. The Morgan fingerprint density at radius 3 is 2.45 bits per heavy atom. The number of benzene rings is 1. The fourth-order valence-electron chi connectivity index (χ4n) is 4.22. The number of piperazine rings is 1. The summed E-state index contributed by atoms with van der Waals surface area (Å²) in [6.45, 7) is 14.1. The van der Waals surface area contributed by atoms with Gasteiger partial charge in [-0.05, 0) is 86.3 Å². The number of pyridine rings is 1. The first-order valence-corrected chi connectivity index (χ1v) is 11.1. The zero-order valence-corrected chi connectivity index (χ0v) is 19.4. The molecule has 1 saturated heterocycles. The number of nitrogens with zero attached hydrogens (tertiary/aromatic N) is 6. The molecule has 1 unspecified atom stereocenters. The van der Waals surface area contributed by atoms with E-state index in [0.29, 0.717) is 5.56 Å². The minimum Gasteiger partial charge on any atom is -0.322 e. The van der Waals surface area contributed by atoms with Crippen molar-refractivity contribution in [3.8, 4) is 0 Å². The molecule has 8 nitrogen and oxygen atoms in total. The van der Waals surface area contributed by atoms with Crippen molar-refractivity contribution in [2.24, 2.45) is 0 Å². The van der Waals surface area contributed by atoms with Crippen molar-refractivity contribution in [2.75, 3.05) is 33.2 Å². The second-order valence-corrected chi connectivity index (χ2v) is 9.43. The molecule has 8 heteroatoms. The number of hydrogen-bond donors (Lipinski definition) is 1. The van der Waals surface area contributed by atoms with Crippen molar-refractivity contribution in [2.45, 2.75) is 52.6 Å². The molecule has 0 bridgehead atoms. The summed E-state index contributed by atoms with van der Waals surface area (Å²) < 4.78 is 1.90. The number of aromatic nitrogens is 5. The first kappa shape index (κ1) is 21.6. The summed E-state index contributed by atoms with van der Waals surface area (Å²) in [6, 6.07) is 5.92. The molecule has 0 radical (unpaired) electrons. The predicted octanol–water partition coefficient (Wildman–Crippen LogP) is 2.61. The number of tetrazole rings is 1. The Labute approximate surface area is 183 Å². The molecule has 166 valence electrons. The van der Waals surface area contributed by atoms with Gasteiger partial charge in [-0.1, -0.05) is 6.92 Å². The maximum Gasteiger partial charge on any atom is 0.253 e. The first-order chi connectivity index (χ1) is 14.7. The summed E-state index contributed by atoms with van der Waals surface area (Å²) in [5.41, 5.74) is 3.61. The summed E-state index contributed by atoms with van der Waals surface area (Å²) in [5, 5.41) is 13.8. The van der Waals surface area contributed by atoms with Gasteiger partial charge in [0.05, 0.1) is 5.54 Å². The van der Waals surface area contributed by atoms with Gasteiger partial charge in [0.2, 0.25) is 0 Å². The summed E-state index contributed by atoms with van der Waals surface area (Å²) >= 11 is 0.